The van der Waals surface area contributed by atoms with Crippen molar-refractivity contribution in [1.29, 1.82) is 0 Å². The number of alkyl halides is 4. The van der Waals surface area contributed by atoms with Crippen molar-refractivity contribution in [2.24, 2.45) is 0 Å². The van der Waals surface area contributed by atoms with Crippen LogP contribution in [-0.2, 0) is 19.1 Å². The van der Waals surface area contributed by atoms with Gasteiger partial charge in [-0.25, -0.2) is 9.59 Å². The molecular weight excluding hydrogens is 508 g/mol. The smallest absolute Gasteiger partial charge is 0.387 e. The van der Waals surface area contributed by atoms with Gasteiger partial charge in [-0.2, -0.15) is 8.78 Å². The summed E-state index contributed by atoms with van der Waals surface area (Å²) in [5.74, 6) is -2.62. The van der Waals surface area contributed by atoms with Crippen LogP contribution in [0.3, 0.4) is 0 Å². The fourth-order valence-electron chi connectivity index (χ4n) is 2.96. The third-order valence-corrected chi connectivity index (χ3v) is 5.17. The second kappa shape index (κ2) is 10.0. The molecular formula is C18H17Br2F2NO5. The number of nitrogens with one attached hydrogen (secondary N) is 1. The first kappa shape index (κ1) is 22.4. The molecule has 0 aromatic heterocycles. The maximum absolute atomic E-state index is 12.9. The van der Waals surface area contributed by atoms with Crippen LogP contribution in [0.4, 0.5) is 8.78 Å². The number of ether oxygens (including phenoxy) is 3. The van der Waals surface area contributed by atoms with Gasteiger partial charge in [-0.3, -0.25) is 0 Å². The van der Waals surface area contributed by atoms with Gasteiger partial charge in [0.2, 0.25) is 0 Å². The molecule has 10 heteroatoms. The molecule has 0 saturated carbocycles. The Labute approximate surface area is 177 Å². The quantitative estimate of drug-likeness (QED) is 0.434. The van der Waals surface area contributed by atoms with Gasteiger partial charge >= 0.3 is 18.6 Å². The Hall–Kier alpha value is -1.94. The van der Waals surface area contributed by atoms with Crippen LogP contribution in [0.5, 0.6) is 5.75 Å². The number of halogens is 4. The van der Waals surface area contributed by atoms with Crippen LogP contribution in [0.25, 0.3) is 0 Å². The predicted molar refractivity (Wildman–Crippen MR) is 105 cm³/mol. The minimum Gasteiger partial charge on any atom is -0.466 e. The summed E-state index contributed by atoms with van der Waals surface area (Å²) in [7, 11) is 2.39. The average Bonchev–Trinajstić information content (AvgIpc) is 2.70. The van der Waals surface area contributed by atoms with E-state index in [9.17, 15) is 18.4 Å². The second-order valence-corrected chi connectivity index (χ2v) is 6.63. The lowest BCUT2D eigenvalue weighted by Crippen LogP contribution is -2.35. The lowest BCUT2D eigenvalue weighted by Gasteiger charge is -2.32. The first-order chi connectivity index (χ1) is 13.4. The minimum absolute atomic E-state index is 0.0924. The molecule has 6 nitrogen and oxygen atoms in total. The van der Waals surface area contributed by atoms with Gasteiger partial charge in [-0.1, -0.05) is 50.1 Å². The van der Waals surface area contributed by atoms with E-state index in [-0.39, 0.29) is 33.1 Å². The summed E-state index contributed by atoms with van der Waals surface area (Å²) in [6.45, 7) is -3.08. The molecule has 0 aliphatic carbocycles. The number of dihydropyridines is 1. The summed E-state index contributed by atoms with van der Waals surface area (Å²) in [4.78, 5) is 25.2. The Kier molecular flexibility index (Phi) is 7.99. The molecule has 28 heavy (non-hydrogen) atoms. The topological polar surface area (TPSA) is 73.9 Å². The Bertz CT molecular complexity index is 786. The SMILES string of the molecule is COC(=O)C1=C(CBr)NC(CBr)=C(C(=O)OC)C1c1ccccc1OC(F)F. The summed E-state index contributed by atoms with van der Waals surface area (Å²) < 4.78 is 40.3. The number of methoxy groups -OCH3 is 2. The molecule has 0 radical (unpaired) electrons. The van der Waals surface area contributed by atoms with Crippen LogP contribution >= 0.6 is 31.9 Å². The molecule has 1 aromatic rings. The Morgan fingerprint density at radius 3 is 1.96 bits per heavy atom. The van der Waals surface area contributed by atoms with Crippen molar-refractivity contribution in [3.8, 4) is 5.75 Å². The van der Waals surface area contributed by atoms with Gasteiger partial charge in [0.05, 0.1) is 31.3 Å². The fourth-order valence-corrected chi connectivity index (χ4v) is 3.84. The highest BCUT2D eigenvalue weighted by Crippen LogP contribution is 2.43. The monoisotopic (exact) mass is 523 g/mol. The minimum atomic E-state index is -3.08. The number of esters is 2. The molecule has 1 heterocycles. The molecule has 0 amide bonds. The molecule has 1 aromatic carbocycles. The van der Waals surface area contributed by atoms with Gasteiger partial charge in [0.1, 0.15) is 5.75 Å². The standard InChI is InChI=1S/C18H17Br2F2NO5/c1-26-16(24)14-10(7-19)23-11(8-20)15(17(25)27-2)13(14)9-5-3-4-6-12(9)28-18(21)22/h3-6,13,18,23H,7-8H2,1-2H3. The summed E-state index contributed by atoms with van der Waals surface area (Å²) in [6.07, 6.45) is 0. The zero-order chi connectivity index (χ0) is 20.8. The molecule has 1 aliphatic heterocycles. The van der Waals surface area contributed by atoms with Crippen molar-refractivity contribution in [3.63, 3.8) is 0 Å². The average molecular weight is 525 g/mol. The fraction of sp³-hybridized carbons (Fsp3) is 0.333. The van der Waals surface area contributed by atoms with Crippen molar-refractivity contribution in [1.82, 2.24) is 5.32 Å². The zero-order valence-electron chi connectivity index (χ0n) is 14.9. The van der Waals surface area contributed by atoms with E-state index in [1.54, 1.807) is 6.07 Å². The summed E-state index contributed by atoms with van der Waals surface area (Å²) >= 11 is 6.61. The van der Waals surface area contributed by atoms with Gasteiger partial charge in [0.15, 0.2) is 0 Å². The van der Waals surface area contributed by atoms with Gasteiger partial charge in [-0.15, -0.1) is 0 Å². The molecule has 0 bridgehead atoms. The van der Waals surface area contributed by atoms with Crippen LogP contribution in [0, 0.1) is 0 Å². The molecule has 0 atom stereocenters. The molecule has 1 N–H and O–H groups in total. The summed E-state index contributed by atoms with van der Waals surface area (Å²) in [6, 6.07) is 5.97. The third-order valence-electron chi connectivity index (χ3n) is 4.05. The first-order valence-electron chi connectivity index (χ1n) is 7.94. The predicted octanol–water partition coefficient (Wildman–Crippen LogP) is 3.62. The maximum atomic E-state index is 12.9. The number of rotatable bonds is 7. The van der Waals surface area contributed by atoms with E-state index in [2.05, 4.69) is 41.9 Å². The number of allylic oxidation sites excluding steroid dienone is 2. The van der Waals surface area contributed by atoms with E-state index in [0.29, 0.717) is 11.4 Å². The van der Waals surface area contributed by atoms with Gasteiger partial charge < -0.3 is 19.5 Å². The number of hydrogen-bond donors (Lipinski definition) is 1. The molecule has 152 valence electrons. The van der Waals surface area contributed by atoms with Crippen LogP contribution < -0.4 is 10.1 Å². The molecule has 0 fully saturated rings. The maximum Gasteiger partial charge on any atom is 0.387 e. The Morgan fingerprint density at radius 2 is 1.54 bits per heavy atom. The number of carbonyl (C=O) groups excluding carboxylic acids is 2. The molecule has 0 unspecified atom stereocenters. The first-order valence-corrected chi connectivity index (χ1v) is 10.2. The molecule has 2 rings (SSSR count). The normalized spacial score (nSPS) is 14.8. The Balaban J connectivity index is 2.82. The third kappa shape index (κ3) is 4.54. The van der Waals surface area contributed by atoms with Gasteiger partial charge in [0, 0.05) is 27.6 Å². The van der Waals surface area contributed by atoms with E-state index in [4.69, 9.17) is 9.47 Å². The highest BCUT2D eigenvalue weighted by Gasteiger charge is 2.40. The largest absolute Gasteiger partial charge is 0.466 e. The van der Waals surface area contributed by atoms with Crippen LogP contribution in [0.1, 0.15) is 11.5 Å². The lowest BCUT2D eigenvalue weighted by atomic mass is 9.80. The summed E-state index contributed by atoms with van der Waals surface area (Å²) in [5, 5.41) is 3.48. The number of benzene rings is 1. The van der Waals surface area contributed by atoms with E-state index in [1.165, 1.54) is 32.4 Å². The second-order valence-electron chi connectivity index (χ2n) is 5.51. The zero-order valence-corrected chi connectivity index (χ0v) is 18.1. The van der Waals surface area contributed by atoms with Crippen molar-refractivity contribution in [3.05, 3.63) is 52.4 Å². The van der Waals surface area contributed by atoms with Gasteiger partial charge in [0.25, 0.3) is 0 Å². The van der Waals surface area contributed by atoms with Crippen LogP contribution in [-0.4, -0.2) is 43.4 Å². The summed E-state index contributed by atoms with van der Waals surface area (Å²) in [5.41, 5.74) is 1.27. The van der Waals surface area contributed by atoms with Crippen molar-refractivity contribution >= 4 is 43.8 Å². The van der Waals surface area contributed by atoms with Crippen molar-refractivity contribution in [2.45, 2.75) is 12.5 Å². The van der Waals surface area contributed by atoms with E-state index < -0.39 is 24.5 Å². The molecule has 0 spiro atoms. The van der Waals surface area contributed by atoms with E-state index >= 15 is 0 Å². The van der Waals surface area contributed by atoms with Crippen LogP contribution in [0.15, 0.2) is 46.8 Å². The number of para-hydroxylation sites is 1. The van der Waals surface area contributed by atoms with E-state index in [0.717, 1.165) is 0 Å². The highest BCUT2D eigenvalue weighted by molar-refractivity contribution is 9.09. The van der Waals surface area contributed by atoms with Crippen LogP contribution in [0.2, 0.25) is 0 Å². The Morgan fingerprint density at radius 1 is 1.04 bits per heavy atom. The van der Waals surface area contributed by atoms with Gasteiger partial charge in [-0.05, 0) is 6.07 Å². The molecule has 1 aliphatic rings. The van der Waals surface area contributed by atoms with Crippen molar-refractivity contribution in [2.75, 3.05) is 24.9 Å². The lowest BCUT2D eigenvalue weighted by molar-refractivity contribution is -0.137. The van der Waals surface area contributed by atoms with E-state index in [1.807, 2.05) is 0 Å². The number of carbonyl (C=O) groups is 2. The van der Waals surface area contributed by atoms with Crippen molar-refractivity contribution < 1.29 is 32.6 Å². The molecule has 0 saturated heterocycles. The highest BCUT2D eigenvalue weighted by atomic mass is 79.9. The number of hydrogen-bond acceptors (Lipinski definition) is 6.